The Morgan fingerprint density at radius 1 is 1.21 bits per heavy atom. The first-order chi connectivity index (χ1) is 13.4. The molecule has 2 aliphatic rings. The molecule has 0 spiro atoms. The van der Waals surface area contributed by atoms with E-state index in [0.29, 0.717) is 16.9 Å². The van der Waals surface area contributed by atoms with E-state index in [0.717, 1.165) is 10.2 Å². The number of piperidine rings is 1. The molecule has 0 bridgehead atoms. The number of ketones is 1. The fourth-order valence-corrected chi connectivity index (χ4v) is 3.88. The van der Waals surface area contributed by atoms with Crippen LogP contribution in [0.15, 0.2) is 45.9 Å². The number of Topliss-reactive ketones (excluding diaryl/α,β-unsaturated/α-hetero) is 1. The molecule has 9 heteroatoms. The van der Waals surface area contributed by atoms with E-state index in [1.807, 2.05) is 0 Å². The highest BCUT2D eigenvalue weighted by Gasteiger charge is 2.71. The summed E-state index contributed by atoms with van der Waals surface area (Å²) in [4.78, 5) is 30.3. The highest BCUT2D eigenvalue weighted by molar-refractivity contribution is 5.82. The Bertz CT molecular complexity index is 1130. The SMILES string of the molecule is O=C(Cc1ccc2ocnc2c1)Cn1nc(N2CC3C(C2)C3(F)F)ccc1=O. The molecule has 2 atom stereocenters. The molecule has 1 aromatic carbocycles. The highest BCUT2D eigenvalue weighted by atomic mass is 19.3. The lowest BCUT2D eigenvalue weighted by Gasteiger charge is -2.21. The second kappa shape index (κ2) is 5.95. The molecule has 144 valence electrons. The third-order valence-corrected chi connectivity index (χ3v) is 5.50. The summed E-state index contributed by atoms with van der Waals surface area (Å²) in [7, 11) is 0. The lowest BCUT2D eigenvalue weighted by atomic mass is 10.1. The summed E-state index contributed by atoms with van der Waals surface area (Å²) in [5.41, 5.74) is 1.65. The number of carbonyl (C=O) groups excluding carboxylic acids is 1. The Labute approximate surface area is 157 Å². The fourth-order valence-electron chi connectivity index (χ4n) is 3.88. The van der Waals surface area contributed by atoms with Crippen LogP contribution < -0.4 is 10.5 Å². The Hall–Kier alpha value is -3.10. The number of anilines is 1. The number of fused-ring (bicyclic) bond motifs is 2. The van der Waals surface area contributed by atoms with E-state index in [4.69, 9.17) is 4.42 Å². The van der Waals surface area contributed by atoms with Gasteiger partial charge >= 0.3 is 0 Å². The zero-order chi connectivity index (χ0) is 19.5. The van der Waals surface area contributed by atoms with Gasteiger partial charge in [0.25, 0.3) is 11.5 Å². The van der Waals surface area contributed by atoms with Crippen LogP contribution in [0, 0.1) is 11.8 Å². The first-order valence-corrected chi connectivity index (χ1v) is 8.96. The van der Waals surface area contributed by atoms with Gasteiger partial charge in [0.05, 0.1) is 11.8 Å². The number of nitrogens with zero attached hydrogens (tertiary/aromatic N) is 4. The molecule has 2 fully saturated rings. The van der Waals surface area contributed by atoms with E-state index in [1.54, 1.807) is 23.1 Å². The normalized spacial score (nSPS) is 22.4. The minimum Gasteiger partial charge on any atom is -0.443 e. The van der Waals surface area contributed by atoms with Crippen LogP contribution in [0.3, 0.4) is 0 Å². The van der Waals surface area contributed by atoms with Gasteiger partial charge in [0, 0.05) is 25.6 Å². The minimum absolute atomic E-state index is 0.126. The molecule has 1 saturated carbocycles. The maximum absolute atomic E-state index is 13.4. The molecule has 0 radical (unpaired) electrons. The molecule has 1 aliphatic heterocycles. The zero-order valence-electron chi connectivity index (χ0n) is 14.7. The molecule has 3 heterocycles. The number of halogens is 2. The Kier molecular flexibility index (Phi) is 3.62. The summed E-state index contributed by atoms with van der Waals surface area (Å²) in [6.07, 6.45) is 1.46. The van der Waals surface area contributed by atoms with Gasteiger partial charge in [0.1, 0.15) is 17.9 Å². The van der Waals surface area contributed by atoms with E-state index in [-0.39, 0.29) is 31.8 Å². The van der Waals surface area contributed by atoms with Crippen molar-refractivity contribution < 1.29 is 18.0 Å². The van der Waals surface area contributed by atoms with Crippen LogP contribution in [0.25, 0.3) is 11.1 Å². The Morgan fingerprint density at radius 3 is 2.79 bits per heavy atom. The van der Waals surface area contributed by atoms with Gasteiger partial charge in [-0.1, -0.05) is 6.07 Å². The molecular formula is C19H16F2N4O3. The molecule has 0 amide bonds. The summed E-state index contributed by atoms with van der Waals surface area (Å²) < 4.78 is 33.0. The third kappa shape index (κ3) is 2.78. The van der Waals surface area contributed by atoms with E-state index >= 15 is 0 Å². The standard InChI is InChI=1S/C19H16F2N4O3/c20-19(21)13-8-24(9-14(13)19)17-3-4-18(27)25(23-17)7-12(26)5-11-1-2-16-15(6-11)22-10-28-16/h1-4,6,10,13-14H,5,7-9H2. The third-order valence-electron chi connectivity index (χ3n) is 5.50. The van der Waals surface area contributed by atoms with Gasteiger partial charge < -0.3 is 9.32 Å². The maximum Gasteiger partial charge on any atom is 0.267 e. The van der Waals surface area contributed by atoms with Gasteiger partial charge in [-0.3, -0.25) is 9.59 Å². The number of hydrogen-bond acceptors (Lipinski definition) is 6. The fraction of sp³-hybridized carbons (Fsp3) is 0.368. The summed E-state index contributed by atoms with van der Waals surface area (Å²) >= 11 is 0. The smallest absolute Gasteiger partial charge is 0.267 e. The molecule has 0 N–H and O–H groups in total. The van der Waals surface area contributed by atoms with Gasteiger partial charge in [-0.2, -0.15) is 5.10 Å². The van der Waals surface area contributed by atoms with Crippen molar-refractivity contribution in [3.8, 4) is 0 Å². The van der Waals surface area contributed by atoms with Crippen LogP contribution >= 0.6 is 0 Å². The van der Waals surface area contributed by atoms with Crippen molar-refractivity contribution in [2.45, 2.75) is 18.9 Å². The molecule has 1 saturated heterocycles. The van der Waals surface area contributed by atoms with Crippen LogP contribution in [-0.2, 0) is 17.8 Å². The van der Waals surface area contributed by atoms with Gasteiger partial charge in [-0.15, -0.1) is 0 Å². The van der Waals surface area contributed by atoms with Gasteiger partial charge in [0.15, 0.2) is 17.8 Å². The number of rotatable bonds is 5. The van der Waals surface area contributed by atoms with Gasteiger partial charge in [0.2, 0.25) is 0 Å². The molecule has 28 heavy (non-hydrogen) atoms. The summed E-state index contributed by atoms with van der Waals surface area (Å²) in [5, 5.41) is 4.22. The van der Waals surface area contributed by atoms with Crippen molar-refractivity contribution in [2.75, 3.05) is 18.0 Å². The van der Waals surface area contributed by atoms with Crippen LogP contribution in [0.4, 0.5) is 14.6 Å². The zero-order valence-corrected chi connectivity index (χ0v) is 14.7. The molecular weight excluding hydrogens is 370 g/mol. The van der Waals surface area contributed by atoms with Crippen LogP contribution in [0.2, 0.25) is 0 Å². The summed E-state index contributed by atoms with van der Waals surface area (Å²) in [6, 6.07) is 8.11. The average Bonchev–Trinajstić information content (AvgIpc) is 3.11. The number of hydrogen-bond donors (Lipinski definition) is 0. The highest BCUT2D eigenvalue weighted by Crippen LogP contribution is 2.59. The van der Waals surface area contributed by atoms with E-state index in [1.165, 1.54) is 18.5 Å². The number of carbonyl (C=O) groups is 1. The van der Waals surface area contributed by atoms with Gasteiger partial charge in [-0.25, -0.2) is 18.4 Å². The predicted octanol–water partition coefficient (Wildman–Crippen LogP) is 1.90. The van der Waals surface area contributed by atoms with E-state index in [9.17, 15) is 18.4 Å². The maximum atomic E-state index is 13.4. The van der Waals surface area contributed by atoms with Crippen molar-refractivity contribution in [3.05, 3.63) is 52.6 Å². The molecule has 2 aromatic heterocycles. The van der Waals surface area contributed by atoms with Crippen molar-refractivity contribution in [3.63, 3.8) is 0 Å². The largest absolute Gasteiger partial charge is 0.443 e. The van der Waals surface area contributed by atoms with Crippen molar-refractivity contribution >= 4 is 22.7 Å². The van der Waals surface area contributed by atoms with Crippen molar-refractivity contribution in [2.24, 2.45) is 11.8 Å². The molecule has 7 nitrogen and oxygen atoms in total. The second-order valence-corrected chi connectivity index (χ2v) is 7.35. The van der Waals surface area contributed by atoms with Gasteiger partial charge in [-0.05, 0) is 23.8 Å². The molecule has 1 aliphatic carbocycles. The monoisotopic (exact) mass is 386 g/mol. The summed E-state index contributed by atoms with van der Waals surface area (Å²) in [5.74, 6) is -3.60. The second-order valence-electron chi connectivity index (χ2n) is 7.35. The number of benzene rings is 1. The number of oxazole rings is 1. The van der Waals surface area contributed by atoms with E-state index in [2.05, 4.69) is 10.1 Å². The van der Waals surface area contributed by atoms with Crippen molar-refractivity contribution in [1.82, 2.24) is 14.8 Å². The molecule has 2 unspecified atom stereocenters. The minimum atomic E-state index is -2.58. The number of alkyl halides is 2. The Morgan fingerprint density at radius 2 is 2.00 bits per heavy atom. The average molecular weight is 386 g/mol. The quantitative estimate of drug-likeness (QED) is 0.666. The predicted molar refractivity (Wildman–Crippen MR) is 95.4 cm³/mol. The topological polar surface area (TPSA) is 81.2 Å². The van der Waals surface area contributed by atoms with Crippen LogP contribution in [0.1, 0.15) is 5.56 Å². The number of aromatic nitrogens is 3. The van der Waals surface area contributed by atoms with Crippen LogP contribution in [-0.4, -0.2) is 39.6 Å². The molecule has 5 rings (SSSR count). The van der Waals surface area contributed by atoms with Crippen molar-refractivity contribution in [1.29, 1.82) is 0 Å². The molecule has 3 aromatic rings. The lowest BCUT2D eigenvalue weighted by molar-refractivity contribution is -0.119. The van der Waals surface area contributed by atoms with Crippen LogP contribution in [0.5, 0.6) is 0 Å². The lowest BCUT2D eigenvalue weighted by Crippen LogP contribution is -2.32. The Balaban J connectivity index is 1.29. The first kappa shape index (κ1) is 17.0. The first-order valence-electron chi connectivity index (χ1n) is 8.96. The van der Waals surface area contributed by atoms with E-state index < -0.39 is 23.3 Å². The summed E-state index contributed by atoms with van der Waals surface area (Å²) in [6.45, 7) is 0.253.